The van der Waals surface area contributed by atoms with Gasteiger partial charge in [0.2, 0.25) is 0 Å². The molecular formula is C13H16BrN3O3. The van der Waals surface area contributed by atoms with Crippen LogP contribution in [0.25, 0.3) is 0 Å². The van der Waals surface area contributed by atoms with Gasteiger partial charge in [0.1, 0.15) is 5.69 Å². The van der Waals surface area contributed by atoms with Crippen molar-refractivity contribution >= 4 is 27.3 Å². The number of nitrogens with one attached hydrogen (secondary N) is 1. The number of fused-ring (bicyclic) bond motifs is 1. The molecule has 0 radical (unpaired) electrons. The lowest BCUT2D eigenvalue weighted by molar-refractivity contribution is -0.384. The average Bonchev–Trinajstić information content (AvgIpc) is 2.82. The number of hydrogen-bond acceptors (Lipinski definition) is 5. The number of ether oxygens (including phenoxy) is 1. The molecule has 1 aromatic carbocycles. The Morgan fingerprint density at radius 3 is 3.10 bits per heavy atom. The summed E-state index contributed by atoms with van der Waals surface area (Å²) in [7, 11) is 0. The summed E-state index contributed by atoms with van der Waals surface area (Å²) >= 11 is 3.27. The van der Waals surface area contributed by atoms with E-state index in [-0.39, 0.29) is 16.7 Å². The Bertz CT molecular complexity index is 512. The van der Waals surface area contributed by atoms with E-state index in [2.05, 4.69) is 26.1 Å². The first-order valence-corrected chi connectivity index (χ1v) is 7.45. The molecule has 1 N–H and O–H groups in total. The van der Waals surface area contributed by atoms with Crippen LogP contribution in [0.4, 0.5) is 11.4 Å². The van der Waals surface area contributed by atoms with Gasteiger partial charge in [-0.3, -0.25) is 15.0 Å². The minimum Gasteiger partial charge on any atom is -0.378 e. The molecule has 7 heteroatoms. The predicted molar refractivity (Wildman–Crippen MR) is 79.0 cm³/mol. The van der Waals surface area contributed by atoms with E-state index in [9.17, 15) is 10.1 Å². The van der Waals surface area contributed by atoms with E-state index in [0.717, 1.165) is 32.7 Å². The highest BCUT2D eigenvalue weighted by atomic mass is 79.9. The van der Waals surface area contributed by atoms with Gasteiger partial charge in [-0.15, -0.1) is 0 Å². The largest absolute Gasteiger partial charge is 0.378 e. The molecule has 108 valence electrons. The molecule has 1 aromatic rings. The number of halogens is 1. The molecule has 0 aliphatic carbocycles. The molecule has 0 bridgehead atoms. The molecule has 0 aromatic heterocycles. The second-order valence-electron chi connectivity index (χ2n) is 5.22. The van der Waals surface area contributed by atoms with Crippen LogP contribution in [0.3, 0.4) is 0 Å². The molecule has 0 amide bonds. The van der Waals surface area contributed by atoms with E-state index in [1.807, 2.05) is 6.07 Å². The van der Waals surface area contributed by atoms with Gasteiger partial charge in [-0.25, -0.2) is 0 Å². The highest BCUT2D eigenvalue weighted by Gasteiger charge is 2.34. The van der Waals surface area contributed by atoms with Gasteiger partial charge < -0.3 is 10.1 Å². The Kier molecular flexibility index (Phi) is 3.91. The van der Waals surface area contributed by atoms with Gasteiger partial charge in [-0.2, -0.15) is 0 Å². The molecule has 2 unspecified atom stereocenters. The molecule has 20 heavy (non-hydrogen) atoms. The first-order valence-electron chi connectivity index (χ1n) is 6.66. The van der Waals surface area contributed by atoms with Crippen molar-refractivity contribution in [2.24, 2.45) is 0 Å². The fraction of sp³-hybridized carbons (Fsp3) is 0.538. The van der Waals surface area contributed by atoms with Crippen LogP contribution in [0.15, 0.2) is 22.7 Å². The van der Waals surface area contributed by atoms with Crippen LogP contribution < -0.4 is 5.32 Å². The second kappa shape index (κ2) is 5.67. The van der Waals surface area contributed by atoms with Crippen molar-refractivity contribution in [2.75, 3.05) is 31.6 Å². The summed E-state index contributed by atoms with van der Waals surface area (Å²) in [6, 6.07) is 5.79. The number of morpholine rings is 1. The van der Waals surface area contributed by atoms with Crippen LogP contribution in [0.1, 0.15) is 6.42 Å². The van der Waals surface area contributed by atoms with E-state index in [1.165, 1.54) is 6.07 Å². The van der Waals surface area contributed by atoms with Crippen molar-refractivity contribution in [1.29, 1.82) is 0 Å². The number of nitro benzene ring substituents is 1. The monoisotopic (exact) mass is 341 g/mol. The van der Waals surface area contributed by atoms with Crippen molar-refractivity contribution in [3.63, 3.8) is 0 Å². The number of rotatable bonds is 3. The summed E-state index contributed by atoms with van der Waals surface area (Å²) in [6.45, 7) is 3.41. The first kappa shape index (κ1) is 13.8. The first-order chi connectivity index (χ1) is 9.63. The minimum atomic E-state index is -0.349. The maximum absolute atomic E-state index is 11.1. The van der Waals surface area contributed by atoms with E-state index in [4.69, 9.17) is 4.74 Å². The molecule has 0 spiro atoms. The van der Waals surface area contributed by atoms with Crippen molar-refractivity contribution < 1.29 is 9.66 Å². The fourth-order valence-corrected chi connectivity index (χ4v) is 3.28. The summed E-state index contributed by atoms with van der Waals surface area (Å²) in [5.74, 6) is 0. The Morgan fingerprint density at radius 2 is 2.35 bits per heavy atom. The fourth-order valence-electron chi connectivity index (χ4n) is 2.94. The predicted octanol–water partition coefficient (Wildman–Crippen LogP) is 2.24. The third-order valence-electron chi connectivity index (χ3n) is 3.88. The average molecular weight is 342 g/mol. The lowest BCUT2D eigenvalue weighted by atomic mass is 10.1. The van der Waals surface area contributed by atoms with Crippen molar-refractivity contribution in [1.82, 2.24) is 4.90 Å². The summed E-state index contributed by atoms with van der Waals surface area (Å²) in [6.07, 6.45) is 0.965. The lowest BCUT2D eigenvalue weighted by Crippen LogP contribution is -2.40. The van der Waals surface area contributed by atoms with Crippen molar-refractivity contribution in [3.05, 3.63) is 32.8 Å². The highest BCUT2D eigenvalue weighted by molar-refractivity contribution is 9.10. The van der Waals surface area contributed by atoms with Crippen LogP contribution in [0.5, 0.6) is 0 Å². The van der Waals surface area contributed by atoms with Crippen LogP contribution in [0, 0.1) is 10.1 Å². The van der Waals surface area contributed by atoms with Gasteiger partial charge in [0, 0.05) is 35.7 Å². The van der Waals surface area contributed by atoms with Crippen molar-refractivity contribution in [3.8, 4) is 0 Å². The summed E-state index contributed by atoms with van der Waals surface area (Å²) in [5, 5.41) is 14.4. The van der Waals surface area contributed by atoms with Crippen molar-refractivity contribution in [2.45, 2.75) is 18.5 Å². The Hall–Kier alpha value is -1.18. The Morgan fingerprint density at radius 1 is 1.50 bits per heavy atom. The molecule has 0 saturated carbocycles. The third-order valence-corrected chi connectivity index (χ3v) is 4.37. The normalized spacial score (nSPS) is 26.2. The maximum atomic E-state index is 11.1. The molecule has 2 heterocycles. The highest BCUT2D eigenvalue weighted by Crippen LogP contribution is 2.31. The van der Waals surface area contributed by atoms with Gasteiger partial charge in [0.25, 0.3) is 5.69 Å². The molecule has 6 nitrogen and oxygen atoms in total. The van der Waals surface area contributed by atoms with E-state index >= 15 is 0 Å². The van der Waals surface area contributed by atoms with E-state index in [0.29, 0.717) is 16.2 Å². The summed E-state index contributed by atoms with van der Waals surface area (Å²) in [5.41, 5.74) is 0.699. The molecule has 2 aliphatic heterocycles. The molecule has 2 saturated heterocycles. The molecule has 2 aliphatic rings. The van der Waals surface area contributed by atoms with Gasteiger partial charge in [-0.1, -0.05) is 15.9 Å². The smallest absolute Gasteiger partial charge is 0.293 e. The molecule has 2 fully saturated rings. The SMILES string of the molecule is O=[N+]([O-])c1cc(Br)ccc1NC1CC2COCCN2C1. The van der Waals surface area contributed by atoms with Crippen LogP contribution >= 0.6 is 15.9 Å². The van der Waals surface area contributed by atoms with E-state index in [1.54, 1.807) is 6.07 Å². The molecule has 3 rings (SSSR count). The maximum Gasteiger partial charge on any atom is 0.293 e. The number of nitro groups is 1. The second-order valence-corrected chi connectivity index (χ2v) is 6.13. The molecule has 2 atom stereocenters. The Labute approximate surface area is 125 Å². The molecular weight excluding hydrogens is 326 g/mol. The zero-order chi connectivity index (χ0) is 14.1. The number of hydrogen-bond donors (Lipinski definition) is 1. The minimum absolute atomic E-state index is 0.112. The van der Waals surface area contributed by atoms with Crippen LogP contribution in [-0.4, -0.2) is 48.2 Å². The lowest BCUT2D eigenvalue weighted by Gasteiger charge is -2.28. The van der Waals surface area contributed by atoms with E-state index < -0.39 is 0 Å². The quantitative estimate of drug-likeness (QED) is 0.674. The van der Waals surface area contributed by atoms with Gasteiger partial charge in [0.15, 0.2) is 0 Å². The topological polar surface area (TPSA) is 67.6 Å². The number of nitrogens with zero attached hydrogens (tertiary/aromatic N) is 2. The number of benzene rings is 1. The van der Waals surface area contributed by atoms with Gasteiger partial charge >= 0.3 is 0 Å². The standard InChI is InChI=1S/C13H16BrN3O3/c14-9-1-2-12(13(5-9)17(18)19)15-10-6-11-8-20-4-3-16(11)7-10/h1-2,5,10-11,15H,3-4,6-8H2. The van der Waals surface area contributed by atoms with Crippen LogP contribution in [0.2, 0.25) is 0 Å². The summed E-state index contributed by atoms with van der Waals surface area (Å²) in [4.78, 5) is 13.2. The zero-order valence-electron chi connectivity index (χ0n) is 10.9. The zero-order valence-corrected chi connectivity index (χ0v) is 12.5. The third kappa shape index (κ3) is 2.79. The van der Waals surface area contributed by atoms with Gasteiger partial charge in [-0.05, 0) is 18.6 Å². The van der Waals surface area contributed by atoms with Gasteiger partial charge in [0.05, 0.1) is 18.1 Å². The number of anilines is 1. The van der Waals surface area contributed by atoms with Crippen LogP contribution in [-0.2, 0) is 4.74 Å². The Balaban J connectivity index is 1.73. The summed E-state index contributed by atoms with van der Waals surface area (Å²) < 4.78 is 6.19.